The van der Waals surface area contributed by atoms with Crippen LogP contribution in [0.15, 0.2) is 36.5 Å². The van der Waals surface area contributed by atoms with Crippen molar-refractivity contribution < 1.29 is 4.74 Å². The molecule has 5 nitrogen and oxygen atoms in total. The van der Waals surface area contributed by atoms with Crippen LogP contribution in [-0.4, -0.2) is 15.2 Å². The Bertz CT molecular complexity index is 796. The van der Waals surface area contributed by atoms with Crippen molar-refractivity contribution in [3.05, 3.63) is 53.3 Å². The molecule has 21 heavy (non-hydrogen) atoms. The molecule has 0 amide bonds. The fourth-order valence-electron chi connectivity index (χ4n) is 2.23. The highest BCUT2D eigenvalue weighted by Crippen LogP contribution is 2.30. The lowest BCUT2D eigenvalue weighted by molar-refractivity contribution is 0.451. The van der Waals surface area contributed by atoms with Crippen molar-refractivity contribution >= 4 is 10.9 Å². The second kappa shape index (κ2) is 5.46. The molecule has 2 aromatic heterocycles. The van der Waals surface area contributed by atoms with Gasteiger partial charge in [-0.2, -0.15) is 5.10 Å². The summed E-state index contributed by atoms with van der Waals surface area (Å²) in [4.78, 5) is 4.32. The van der Waals surface area contributed by atoms with Crippen LogP contribution in [0.3, 0.4) is 0 Å². The van der Waals surface area contributed by atoms with Gasteiger partial charge in [0.25, 0.3) is 0 Å². The minimum atomic E-state index is 0.362. The number of hydrogen-bond acceptors (Lipinski definition) is 5. The summed E-state index contributed by atoms with van der Waals surface area (Å²) in [6.45, 7) is 4.25. The molecule has 0 aliphatic carbocycles. The summed E-state index contributed by atoms with van der Waals surface area (Å²) in [5, 5.41) is 9.19. The SMILES string of the molecule is Cc1nnc(Oc2cccc3ncccc23)c(CN)c1C. The van der Waals surface area contributed by atoms with Crippen molar-refractivity contribution in [3.8, 4) is 11.6 Å². The molecule has 0 saturated heterocycles. The second-order valence-electron chi connectivity index (χ2n) is 4.83. The normalized spacial score (nSPS) is 10.8. The Kier molecular flexibility index (Phi) is 3.50. The summed E-state index contributed by atoms with van der Waals surface area (Å²) in [6, 6.07) is 9.58. The average Bonchev–Trinajstić information content (AvgIpc) is 2.52. The van der Waals surface area contributed by atoms with Crippen LogP contribution >= 0.6 is 0 Å². The maximum atomic E-state index is 5.96. The Balaban J connectivity index is 2.09. The van der Waals surface area contributed by atoms with Crippen LogP contribution in [0, 0.1) is 13.8 Å². The monoisotopic (exact) mass is 280 g/mol. The molecule has 5 heteroatoms. The molecule has 0 spiro atoms. The molecule has 1 aromatic carbocycles. The number of aromatic nitrogens is 3. The number of rotatable bonds is 3. The zero-order chi connectivity index (χ0) is 14.8. The highest BCUT2D eigenvalue weighted by atomic mass is 16.5. The Morgan fingerprint density at radius 3 is 2.76 bits per heavy atom. The first-order valence-corrected chi connectivity index (χ1v) is 6.75. The number of nitrogens with zero attached hydrogens (tertiary/aromatic N) is 3. The second-order valence-corrected chi connectivity index (χ2v) is 4.83. The Morgan fingerprint density at radius 1 is 1.10 bits per heavy atom. The van der Waals surface area contributed by atoms with E-state index in [0.717, 1.165) is 27.7 Å². The predicted octanol–water partition coefficient (Wildman–Crippen LogP) is 2.89. The quantitative estimate of drug-likeness (QED) is 0.798. The molecule has 0 radical (unpaired) electrons. The molecule has 3 rings (SSSR count). The number of hydrogen-bond donors (Lipinski definition) is 1. The van der Waals surface area contributed by atoms with Gasteiger partial charge in [0.15, 0.2) is 0 Å². The maximum absolute atomic E-state index is 5.96. The molecule has 0 atom stereocenters. The summed E-state index contributed by atoms with van der Waals surface area (Å²) < 4.78 is 5.96. The minimum Gasteiger partial charge on any atom is -0.437 e. The third-order valence-electron chi connectivity index (χ3n) is 3.56. The van der Waals surface area contributed by atoms with Crippen LogP contribution in [-0.2, 0) is 6.54 Å². The minimum absolute atomic E-state index is 0.362. The summed E-state index contributed by atoms with van der Waals surface area (Å²) in [5.74, 6) is 1.16. The number of aryl methyl sites for hydroxylation is 1. The van der Waals surface area contributed by atoms with Gasteiger partial charge in [-0.1, -0.05) is 6.07 Å². The van der Waals surface area contributed by atoms with Crippen molar-refractivity contribution in [3.63, 3.8) is 0 Å². The number of nitrogens with two attached hydrogens (primary N) is 1. The van der Waals surface area contributed by atoms with Crippen LogP contribution < -0.4 is 10.5 Å². The van der Waals surface area contributed by atoms with E-state index in [2.05, 4.69) is 15.2 Å². The summed E-state index contributed by atoms with van der Waals surface area (Å²) in [5.41, 5.74) is 9.46. The van der Waals surface area contributed by atoms with Gasteiger partial charge in [-0.25, -0.2) is 0 Å². The van der Waals surface area contributed by atoms with E-state index in [1.54, 1.807) is 6.20 Å². The molecule has 0 unspecified atom stereocenters. The first kappa shape index (κ1) is 13.5. The molecule has 3 aromatic rings. The third-order valence-corrected chi connectivity index (χ3v) is 3.56. The molecule has 2 N–H and O–H groups in total. The molecular formula is C16H16N4O. The van der Waals surface area contributed by atoms with Crippen molar-refractivity contribution in [2.45, 2.75) is 20.4 Å². The number of pyridine rings is 1. The summed E-state index contributed by atoms with van der Waals surface area (Å²) in [6.07, 6.45) is 1.76. The number of fused-ring (bicyclic) bond motifs is 1. The van der Waals surface area contributed by atoms with Gasteiger partial charge in [0, 0.05) is 23.7 Å². The Labute approximate surface area is 122 Å². The summed E-state index contributed by atoms with van der Waals surface area (Å²) >= 11 is 0. The average molecular weight is 280 g/mol. The third kappa shape index (κ3) is 2.43. The first-order valence-electron chi connectivity index (χ1n) is 6.75. The molecule has 0 aliphatic rings. The molecule has 2 heterocycles. The van der Waals surface area contributed by atoms with Crippen LogP contribution in [0.1, 0.15) is 16.8 Å². The van der Waals surface area contributed by atoms with E-state index in [4.69, 9.17) is 10.5 Å². The number of benzene rings is 1. The van der Waals surface area contributed by atoms with Gasteiger partial charge < -0.3 is 10.5 Å². The van der Waals surface area contributed by atoms with E-state index >= 15 is 0 Å². The van der Waals surface area contributed by atoms with E-state index in [1.165, 1.54) is 0 Å². The zero-order valence-corrected chi connectivity index (χ0v) is 12.0. The van der Waals surface area contributed by atoms with Crippen LogP contribution in [0.5, 0.6) is 11.6 Å². The number of ether oxygens (including phenoxy) is 1. The fraction of sp³-hybridized carbons (Fsp3) is 0.188. The first-order chi connectivity index (χ1) is 10.2. The topological polar surface area (TPSA) is 73.9 Å². The Morgan fingerprint density at radius 2 is 1.95 bits per heavy atom. The lowest BCUT2D eigenvalue weighted by atomic mass is 10.1. The molecule has 0 fully saturated rings. The van der Waals surface area contributed by atoms with Gasteiger partial charge in [-0.15, -0.1) is 5.10 Å². The molecule has 0 aliphatic heterocycles. The van der Waals surface area contributed by atoms with Crippen LogP contribution in [0.2, 0.25) is 0 Å². The van der Waals surface area contributed by atoms with E-state index in [9.17, 15) is 0 Å². The largest absolute Gasteiger partial charge is 0.437 e. The van der Waals surface area contributed by atoms with Gasteiger partial charge in [0.1, 0.15) is 5.75 Å². The maximum Gasteiger partial charge on any atom is 0.243 e. The highest BCUT2D eigenvalue weighted by molar-refractivity contribution is 5.85. The standard InChI is InChI=1S/C16H16N4O/c1-10-11(2)19-20-16(13(10)9-17)21-15-7-3-6-14-12(15)5-4-8-18-14/h3-8H,9,17H2,1-2H3. The molecule has 0 saturated carbocycles. The van der Waals surface area contributed by atoms with E-state index in [1.807, 2.05) is 44.2 Å². The van der Waals surface area contributed by atoms with E-state index in [0.29, 0.717) is 18.2 Å². The van der Waals surface area contributed by atoms with Gasteiger partial charge in [0.2, 0.25) is 5.88 Å². The van der Waals surface area contributed by atoms with Gasteiger partial charge >= 0.3 is 0 Å². The van der Waals surface area contributed by atoms with Crippen molar-refractivity contribution in [1.82, 2.24) is 15.2 Å². The van der Waals surface area contributed by atoms with Gasteiger partial charge in [-0.3, -0.25) is 4.98 Å². The molecule has 0 bridgehead atoms. The lowest BCUT2D eigenvalue weighted by Gasteiger charge is -2.13. The van der Waals surface area contributed by atoms with Crippen LogP contribution in [0.4, 0.5) is 0 Å². The zero-order valence-electron chi connectivity index (χ0n) is 12.0. The fourth-order valence-corrected chi connectivity index (χ4v) is 2.23. The molecular weight excluding hydrogens is 264 g/mol. The smallest absolute Gasteiger partial charge is 0.243 e. The van der Waals surface area contributed by atoms with Crippen molar-refractivity contribution in [2.24, 2.45) is 5.73 Å². The highest BCUT2D eigenvalue weighted by Gasteiger charge is 2.13. The van der Waals surface area contributed by atoms with Crippen molar-refractivity contribution in [2.75, 3.05) is 0 Å². The Hall–Kier alpha value is -2.53. The van der Waals surface area contributed by atoms with Gasteiger partial charge in [0.05, 0.1) is 11.2 Å². The van der Waals surface area contributed by atoms with Crippen molar-refractivity contribution in [1.29, 1.82) is 0 Å². The predicted molar refractivity (Wildman–Crippen MR) is 81.2 cm³/mol. The van der Waals surface area contributed by atoms with E-state index in [-0.39, 0.29) is 0 Å². The lowest BCUT2D eigenvalue weighted by Crippen LogP contribution is -2.07. The van der Waals surface area contributed by atoms with Gasteiger partial charge in [-0.05, 0) is 43.7 Å². The summed E-state index contributed by atoms with van der Waals surface area (Å²) in [7, 11) is 0. The molecule has 106 valence electrons. The van der Waals surface area contributed by atoms with Crippen LogP contribution in [0.25, 0.3) is 10.9 Å². The van der Waals surface area contributed by atoms with E-state index < -0.39 is 0 Å².